The molecule has 5 nitrogen and oxygen atoms in total. The summed E-state index contributed by atoms with van der Waals surface area (Å²) in [6.45, 7) is 1.72. The highest BCUT2D eigenvalue weighted by molar-refractivity contribution is 9.10. The Kier molecular flexibility index (Phi) is 4.59. The smallest absolute Gasteiger partial charge is 0.271 e. The molecule has 3 N–H and O–H groups in total. The summed E-state index contributed by atoms with van der Waals surface area (Å²) >= 11 is 3.29. The van der Waals surface area contributed by atoms with Crippen LogP contribution in [0.3, 0.4) is 0 Å². The monoisotopic (exact) mass is 348 g/mol. The Bertz CT molecular complexity index is 674. The minimum Gasteiger partial charge on any atom is -0.508 e. The number of nitrogens with one attached hydrogen (secondary N) is 1. The number of hydrogen-bond donors (Lipinski definition) is 3. The lowest BCUT2D eigenvalue weighted by Gasteiger charge is -2.04. The van der Waals surface area contributed by atoms with Crippen LogP contribution in [0.2, 0.25) is 0 Å². The van der Waals surface area contributed by atoms with Crippen molar-refractivity contribution in [3.05, 3.63) is 57.6 Å². The molecule has 2 aromatic rings. The quantitative estimate of drug-likeness (QED) is 0.589. The summed E-state index contributed by atoms with van der Waals surface area (Å²) in [5.41, 5.74) is 3.93. The van der Waals surface area contributed by atoms with Crippen LogP contribution in [0.25, 0.3) is 0 Å². The zero-order valence-electron chi connectivity index (χ0n) is 11.2. The Hall–Kier alpha value is -2.34. The van der Waals surface area contributed by atoms with E-state index in [0.717, 1.165) is 4.47 Å². The number of rotatable bonds is 3. The van der Waals surface area contributed by atoms with Crippen LogP contribution in [0.5, 0.6) is 11.5 Å². The molecule has 0 unspecified atom stereocenters. The minimum absolute atomic E-state index is 0.0268. The van der Waals surface area contributed by atoms with Gasteiger partial charge in [-0.3, -0.25) is 4.79 Å². The first-order valence-electron chi connectivity index (χ1n) is 6.09. The molecule has 2 rings (SSSR count). The Morgan fingerprint density at radius 2 is 1.90 bits per heavy atom. The van der Waals surface area contributed by atoms with Crippen molar-refractivity contribution in [3.8, 4) is 11.5 Å². The second kappa shape index (κ2) is 6.41. The van der Waals surface area contributed by atoms with Crippen LogP contribution < -0.4 is 5.43 Å². The summed E-state index contributed by atoms with van der Waals surface area (Å²) in [6, 6.07) is 9.56. The normalized spacial score (nSPS) is 10.8. The fraction of sp³-hybridized carbons (Fsp3) is 0.0667. The minimum atomic E-state index is -0.352. The third-order valence-corrected chi connectivity index (χ3v) is 3.34. The number of hydrazone groups is 1. The van der Waals surface area contributed by atoms with Gasteiger partial charge in [0.15, 0.2) is 0 Å². The van der Waals surface area contributed by atoms with E-state index in [4.69, 9.17) is 0 Å². The van der Waals surface area contributed by atoms with Gasteiger partial charge in [0, 0.05) is 21.7 Å². The molecule has 0 radical (unpaired) electrons. The highest BCUT2D eigenvalue weighted by Gasteiger charge is 2.06. The number of halogens is 1. The lowest BCUT2D eigenvalue weighted by molar-refractivity contribution is 0.0955. The van der Waals surface area contributed by atoms with Crippen molar-refractivity contribution in [1.29, 1.82) is 0 Å². The number of nitrogens with zero attached hydrogens (tertiary/aromatic N) is 1. The Morgan fingerprint density at radius 3 is 2.52 bits per heavy atom. The van der Waals surface area contributed by atoms with Crippen LogP contribution in [0, 0.1) is 6.92 Å². The zero-order chi connectivity index (χ0) is 15.4. The lowest BCUT2D eigenvalue weighted by atomic mass is 10.1. The maximum absolute atomic E-state index is 11.8. The standard InChI is InChI=1S/C15H13BrN2O3/c1-9-6-12(19)7-14(20)13(9)8-17-18-15(21)10-2-4-11(16)5-3-10/h2-8,19-20H,1H3,(H,18,21)/b17-8+. The molecule has 0 saturated heterocycles. The van der Waals surface area contributed by atoms with Gasteiger partial charge in [-0.05, 0) is 42.8 Å². The topological polar surface area (TPSA) is 81.9 Å². The maximum atomic E-state index is 11.8. The van der Waals surface area contributed by atoms with Crippen molar-refractivity contribution in [1.82, 2.24) is 5.43 Å². The van der Waals surface area contributed by atoms with E-state index in [9.17, 15) is 15.0 Å². The predicted octanol–water partition coefficient (Wildman–Crippen LogP) is 2.93. The molecule has 108 valence electrons. The van der Waals surface area contributed by atoms with E-state index in [1.54, 1.807) is 31.2 Å². The van der Waals surface area contributed by atoms with Gasteiger partial charge < -0.3 is 10.2 Å². The molecular formula is C15H13BrN2O3. The average Bonchev–Trinajstić information content (AvgIpc) is 2.42. The second-order valence-corrected chi connectivity index (χ2v) is 5.32. The van der Waals surface area contributed by atoms with Crippen LogP contribution in [0.4, 0.5) is 0 Å². The molecule has 21 heavy (non-hydrogen) atoms. The zero-order valence-corrected chi connectivity index (χ0v) is 12.8. The van der Waals surface area contributed by atoms with Crippen molar-refractivity contribution in [2.75, 3.05) is 0 Å². The van der Waals surface area contributed by atoms with E-state index in [1.807, 2.05) is 0 Å². The van der Waals surface area contributed by atoms with Crippen molar-refractivity contribution in [3.63, 3.8) is 0 Å². The first kappa shape index (κ1) is 15.1. The molecule has 0 atom stereocenters. The van der Waals surface area contributed by atoms with Gasteiger partial charge in [-0.15, -0.1) is 0 Å². The van der Waals surface area contributed by atoms with Crippen LogP contribution in [0.1, 0.15) is 21.5 Å². The van der Waals surface area contributed by atoms with Gasteiger partial charge in [-0.25, -0.2) is 5.43 Å². The fourth-order valence-corrected chi connectivity index (χ4v) is 2.01. The maximum Gasteiger partial charge on any atom is 0.271 e. The number of carbonyl (C=O) groups is 1. The number of phenolic OH excluding ortho intramolecular Hbond substituents is 2. The lowest BCUT2D eigenvalue weighted by Crippen LogP contribution is -2.17. The first-order chi connectivity index (χ1) is 9.97. The molecular weight excluding hydrogens is 336 g/mol. The van der Waals surface area contributed by atoms with E-state index >= 15 is 0 Å². The highest BCUT2D eigenvalue weighted by Crippen LogP contribution is 2.24. The molecule has 0 fully saturated rings. The van der Waals surface area contributed by atoms with E-state index in [-0.39, 0.29) is 17.4 Å². The van der Waals surface area contributed by atoms with Crippen LogP contribution >= 0.6 is 15.9 Å². The number of amides is 1. The average molecular weight is 349 g/mol. The molecule has 0 aliphatic rings. The van der Waals surface area contributed by atoms with Crippen molar-refractivity contribution in [2.45, 2.75) is 6.92 Å². The van der Waals surface area contributed by atoms with E-state index < -0.39 is 0 Å². The molecule has 0 aliphatic heterocycles. The summed E-state index contributed by atoms with van der Waals surface area (Å²) in [4.78, 5) is 11.8. The molecule has 2 aromatic carbocycles. The van der Waals surface area contributed by atoms with Gasteiger partial charge in [0.2, 0.25) is 0 Å². The number of carbonyl (C=O) groups excluding carboxylic acids is 1. The third kappa shape index (κ3) is 3.82. The van der Waals surface area contributed by atoms with E-state index in [2.05, 4.69) is 26.5 Å². The van der Waals surface area contributed by atoms with Gasteiger partial charge in [0.05, 0.1) is 6.21 Å². The highest BCUT2D eigenvalue weighted by atomic mass is 79.9. The molecule has 0 saturated carbocycles. The van der Waals surface area contributed by atoms with Crippen molar-refractivity contribution in [2.24, 2.45) is 5.10 Å². The van der Waals surface area contributed by atoms with Crippen LogP contribution in [-0.4, -0.2) is 22.3 Å². The molecule has 6 heteroatoms. The number of aryl methyl sites for hydroxylation is 1. The number of benzene rings is 2. The third-order valence-electron chi connectivity index (χ3n) is 2.82. The molecule has 0 heterocycles. The van der Waals surface area contributed by atoms with Crippen molar-refractivity contribution >= 4 is 28.1 Å². The van der Waals surface area contributed by atoms with Gasteiger partial charge in [-0.1, -0.05) is 15.9 Å². The summed E-state index contributed by atoms with van der Waals surface area (Å²) in [6.07, 6.45) is 1.33. The van der Waals surface area contributed by atoms with Gasteiger partial charge in [0.25, 0.3) is 5.91 Å². The number of phenols is 2. The predicted molar refractivity (Wildman–Crippen MR) is 83.7 cm³/mol. The summed E-state index contributed by atoms with van der Waals surface area (Å²) in [5, 5.41) is 22.9. The molecule has 1 amide bonds. The molecule has 0 spiro atoms. The van der Waals surface area contributed by atoms with Gasteiger partial charge >= 0.3 is 0 Å². The van der Waals surface area contributed by atoms with Crippen molar-refractivity contribution < 1.29 is 15.0 Å². The first-order valence-corrected chi connectivity index (χ1v) is 6.88. The Balaban J connectivity index is 2.09. The number of hydrogen-bond acceptors (Lipinski definition) is 4. The summed E-state index contributed by atoms with van der Waals surface area (Å²) in [5.74, 6) is -0.482. The Morgan fingerprint density at radius 1 is 1.24 bits per heavy atom. The molecule has 0 aliphatic carbocycles. The largest absolute Gasteiger partial charge is 0.508 e. The van der Waals surface area contributed by atoms with Crippen LogP contribution in [-0.2, 0) is 0 Å². The summed E-state index contributed by atoms with van der Waals surface area (Å²) < 4.78 is 0.882. The Labute approximate surface area is 130 Å². The van der Waals surface area contributed by atoms with E-state index in [0.29, 0.717) is 16.7 Å². The van der Waals surface area contributed by atoms with Gasteiger partial charge in [-0.2, -0.15) is 5.10 Å². The fourth-order valence-electron chi connectivity index (χ4n) is 1.75. The SMILES string of the molecule is Cc1cc(O)cc(O)c1/C=N/NC(=O)c1ccc(Br)cc1. The van der Waals surface area contributed by atoms with Crippen LogP contribution in [0.15, 0.2) is 46.0 Å². The molecule has 0 bridgehead atoms. The van der Waals surface area contributed by atoms with Gasteiger partial charge in [0.1, 0.15) is 11.5 Å². The molecule has 0 aromatic heterocycles. The summed E-state index contributed by atoms with van der Waals surface area (Å²) in [7, 11) is 0. The number of aromatic hydroxyl groups is 2. The second-order valence-electron chi connectivity index (χ2n) is 4.40. The van der Waals surface area contributed by atoms with E-state index in [1.165, 1.54) is 18.3 Å².